The van der Waals surface area contributed by atoms with Crippen LogP contribution in [0, 0.1) is 0 Å². The minimum Gasteiger partial charge on any atom is -0.336 e. The normalized spacial score (nSPS) is 28.6. The van der Waals surface area contributed by atoms with E-state index in [1.165, 1.54) is 12.8 Å². The Balaban J connectivity index is 1.66. The van der Waals surface area contributed by atoms with Gasteiger partial charge >= 0.3 is 0 Å². The van der Waals surface area contributed by atoms with Crippen LogP contribution in [0.1, 0.15) is 55.5 Å². The van der Waals surface area contributed by atoms with E-state index in [4.69, 9.17) is 0 Å². The second-order valence-corrected chi connectivity index (χ2v) is 6.03. The van der Waals surface area contributed by atoms with Gasteiger partial charge in [0.05, 0.1) is 0 Å². The van der Waals surface area contributed by atoms with Gasteiger partial charge in [-0.2, -0.15) is 0 Å². The fraction of sp³-hybridized carbons (Fsp3) is 0.786. The van der Waals surface area contributed by atoms with Crippen molar-refractivity contribution < 1.29 is 4.79 Å². The second kappa shape index (κ2) is 5.52. The number of piperidine rings is 1. The lowest BCUT2D eigenvalue weighted by Crippen LogP contribution is -2.48. The van der Waals surface area contributed by atoms with E-state index < -0.39 is 0 Å². The SMILES string of the molecule is CCCc1nc(C(=O)N(C)C2CC3CCC(C2)N3)n[nH]1. The van der Waals surface area contributed by atoms with Crippen LogP contribution in [0.3, 0.4) is 0 Å². The maximum Gasteiger partial charge on any atom is 0.293 e. The van der Waals surface area contributed by atoms with Gasteiger partial charge < -0.3 is 10.2 Å². The first kappa shape index (κ1) is 13.5. The van der Waals surface area contributed by atoms with Crippen molar-refractivity contribution in [1.82, 2.24) is 25.4 Å². The average molecular weight is 277 g/mol. The molecule has 110 valence electrons. The minimum absolute atomic E-state index is 0.0603. The van der Waals surface area contributed by atoms with Crippen LogP contribution in [-0.4, -0.2) is 51.2 Å². The Morgan fingerprint density at radius 2 is 2.05 bits per heavy atom. The molecule has 6 heteroatoms. The number of carbonyl (C=O) groups is 1. The first-order chi connectivity index (χ1) is 9.67. The summed E-state index contributed by atoms with van der Waals surface area (Å²) in [6.45, 7) is 2.08. The molecule has 0 saturated carbocycles. The van der Waals surface area contributed by atoms with Crippen molar-refractivity contribution in [3.05, 3.63) is 11.6 Å². The molecule has 0 aromatic carbocycles. The highest BCUT2D eigenvalue weighted by Crippen LogP contribution is 2.29. The Bertz CT molecular complexity index is 474. The number of aromatic amines is 1. The lowest BCUT2D eigenvalue weighted by molar-refractivity contribution is 0.0669. The molecule has 2 bridgehead atoms. The number of hydrogen-bond acceptors (Lipinski definition) is 4. The van der Waals surface area contributed by atoms with Crippen molar-refractivity contribution in [1.29, 1.82) is 0 Å². The fourth-order valence-corrected chi connectivity index (χ4v) is 3.41. The Labute approximate surface area is 119 Å². The van der Waals surface area contributed by atoms with E-state index in [0.29, 0.717) is 23.9 Å². The largest absolute Gasteiger partial charge is 0.336 e. The van der Waals surface area contributed by atoms with E-state index in [2.05, 4.69) is 27.4 Å². The molecular weight excluding hydrogens is 254 g/mol. The summed E-state index contributed by atoms with van der Waals surface area (Å²) in [6, 6.07) is 1.47. The monoisotopic (exact) mass is 277 g/mol. The Morgan fingerprint density at radius 3 is 2.70 bits per heavy atom. The molecule has 1 aromatic rings. The number of aromatic nitrogens is 3. The molecule has 2 atom stereocenters. The van der Waals surface area contributed by atoms with E-state index >= 15 is 0 Å². The number of hydrogen-bond donors (Lipinski definition) is 2. The van der Waals surface area contributed by atoms with Gasteiger partial charge in [0.15, 0.2) is 0 Å². The number of nitrogens with zero attached hydrogens (tertiary/aromatic N) is 3. The van der Waals surface area contributed by atoms with Crippen LogP contribution in [0.2, 0.25) is 0 Å². The number of H-pyrrole nitrogens is 1. The molecule has 3 heterocycles. The summed E-state index contributed by atoms with van der Waals surface area (Å²) in [4.78, 5) is 18.6. The van der Waals surface area contributed by atoms with Crippen molar-refractivity contribution >= 4 is 5.91 Å². The molecule has 6 nitrogen and oxygen atoms in total. The maximum atomic E-state index is 12.5. The molecule has 3 rings (SSSR count). The predicted octanol–water partition coefficient (Wildman–Crippen LogP) is 1.11. The van der Waals surface area contributed by atoms with Crippen LogP contribution in [-0.2, 0) is 6.42 Å². The number of rotatable bonds is 4. The fourth-order valence-electron chi connectivity index (χ4n) is 3.41. The zero-order valence-electron chi connectivity index (χ0n) is 12.2. The van der Waals surface area contributed by atoms with Crippen LogP contribution in [0.4, 0.5) is 0 Å². The summed E-state index contributed by atoms with van der Waals surface area (Å²) >= 11 is 0. The molecule has 1 amide bonds. The molecule has 2 saturated heterocycles. The van der Waals surface area contributed by atoms with Gasteiger partial charge in [0, 0.05) is 31.6 Å². The third-order valence-corrected chi connectivity index (χ3v) is 4.53. The zero-order chi connectivity index (χ0) is 14.1. The van der Waals surface area contributed by atoms with Crippen molar-refractivity contribution in [3.63, 3.8) is 0 Å². The van der Waals surface area contributed by atoms with Gasteiger partial charge in [-0.05, 0) is 32.1 Å². The number of aryl methyl sites for hydroxylation is 1. The molecule has 0 radical (unpaired) electrons. The lowest BCUT2D eigenvalue weighted by atomic mass is 9.98. The predicted molar refractivity (Wildman–Crippen MR) is 75.4 cm³/mol. The summed E-state index contributed by atoms with van der Waals surface area (Å²) in [6.07, 6.45) is 6.41. The smallest absolute Gasteiger partial charge is 0.293 e. The highest BCUT2D eigenvalue weighted by atomic mass is 16.2. The summed E-state index contributed by atoms with van der Waals surface area (Å²) in [5, 5.41) is 10.5. The van der Waals surface area contributed by atoms with Crippen LogP contribution >= 0.6 is 0 Å². The molecule has 2 fully saturated rings. The van der Waals surface area contributed by atoms with Gasteiger partial charge in [-0.15, -0.1) is 5.10 Å². The van der Waals surface area contributed by atoms with Gasteiger partial charge in [-0.3, -0.25) is 9.89 Å². The van der Waals surface area contributed by atoms with Gasteiger partial charge in [0.25, 0.3) is 5.91 Å². The zero-order valence-corrected chi connectivity index (χ0v) is 12.2. The van der Waals surface area contributed by atoms with Gasteiger partial charge in [-0.25, -0.2) is 4.98 Å². The summed E-state index contributed by atoms with van der Waals surface area (Å²) in [7, 11) is 1.88. The molecule has 2 aliphatic rings. The van der Waals surface area contributed by atoms with E-state index in [9.17, 15) is 4.79 Å². The number of fused-ring (bicyclic) bond motifs is 2. The number of carbonyl (C=O) groups excluding carboxylic acids is 1. The summed E-state index contributed by atoms with van der Waals surface area (Å²) < 4.78 is 0. The average Bonchev–Trinajstić information content (AvgIpc) is 3.04. The van der Waals surface area contributed by atoms with Crippen LogP contribution < -0.4 is 5.32 Å². The highest BCUT2D eigenvalue weighted by molar-refractivity contribution is 5.90. The van der Waals surface area contributed by atoms with Crippen molar-refractivity contribution in [2.75, 3.05) is 7.05 Å². The Hall–Kier alpha value is -1.43. The summed E-state index contributed by atoms with van der Waals surface area (Å²) in [5.74, 6) is 1.05. The van der Waals surface area contributed by atoms with Crippen LogP contribution in [0.15, 0.2) is 0 Å². The van der Waals surface area contributed by atoms with Crippen LogP contribution in [0.25, 0.3) is 0 Å². The molecule has 2 unspecified atom stereocenters. The molecule has 20 heavy (non-hydrogen) atoms. The molecule has 2 N–H and O–H groups in total. The third kappa shape index (κ3) is 2.57. The van der Waals surface area contributed by atoms with Gasteiger partial charge in [0.1, 0.15) is 5.82 Å². The first-order valence-electron chi connectivity index (χ1n) is 7.62. The van der Waals surface area contributed by atoms with E-state index in [1.54, 1.807) is 0 Å². The van der Waals surface area contributed by atoms with E-state index in [-0.39, 0.29) is 5.91 Å². The summed E-state index contributed by atoms with van der Waals surface area (Å²) in [5.41, 5.74) is 0. The third-order valence-electron chi connectivity index (χ3n) is 4.53. The van der Waals surface area contributed by atoms with E-state index in [1.807, 2.05) is 11.9 Å². The van der Waals surface area contributed by atoms with Crippen molar-refractivity contribution in [3.8, 4) is 0 Å². The standard InChI is InChI=1S/C14H23N5O/c1-3-4-12-16-13(18-17-12)14(20)19(2)11-7-9-5-6-10(8-11)15-9/h9-11,15H,3-8H2,1-2H3,(H,16,17,18). The molecule has 0 aliphatic carbocycles. The number of amides is 1. The molecule has 2 aliphatic heterocycles. The van der Waals surface area contributed by atoms with Crippen LogP contribution in [0.5, 0.6) is 0 Å². The highest BCUT2D eigenvalue weighted by Gasteiger charge is 2.37. The second-order valence-electron chi connectivity index (χ2n) is 6.03. The molecule has 1 aromatic heterocycles. The number of nitrogens with one attached hydrogen (secondary N) is 2. The Morgan fingerprint density at radius 1 is 1.35 bits per heavy atom. The van der Waals surface area contributed by atoms with Crippen molar-refractivity contribution in [2.45, 2.75) is 63.6 Å². The minimum atomic E-state index is -0.0603. The van der Waals surface area contributed by atoms with E-state index in [0.717, 1.165) is 31.5 Å². The van der Waals surface area contributed by atoms with Crippen molar-refractivity contribution in [2.24, 2.45) is 0 Å². The Kier molecular flexibility index (Phi) is 3.74. The molecular formula is C14H23N5O. The molecule has 0 spiro atoms. The topological polar surface area (TPSA) is 73.9 Å². The first-order valence-corrected chi connectivity index (χ1v) is 7.62. The maximum absolute atomic E-state index is 12.5. The quantitative estimate of drug-likeness (QED) is 0.864. The van der Waals surface area contributed by atoms with Gasteiger partial charge in [0.2, 0.25) is 5.82 Å². The lowest BCUT2D eigenvalue weighted by Gasteiger charge is -2.35. The van der Waals surface area contributed by atoms with Gasteiger partial charge in [-0.1, -0.05) is 6.92 Å².